The molecule has 4 heteroatoms. The predicted molar refractivity (Wildman–Crippen MR) is 73.8 cm³/mol. The van der Waals surface area contributed by atoms with Crippen LogP contribution >= 0.6 is 23.2 Å². The molecule has 0 aliphatic heterocycles. The number of aromatic nitrogens is 1. The number of hydrogen-bond acceptors (Lipinski definition) is 2. The van der Waals surface area contributed by atoms with Crippen molar-refractivity contribution >= 4 is 29.0 Å². The number of rotatable bonds is 2. The molecule has 0 radical (unpaired) electrons. The smallest absolute Gasteiger partial charge is 0.145 e. The Morgan fingerprint density at radius 3 is 2.71 bits per heavy atom. The molecule has 0 saturated heterocycles. The zero-order valence-corrected chi connectivity index (χ0v) is 11.7. The van der Waals surface area contributed by atoms with Crippen molar-refractivity contribution in [2.45, 2.75) is 39.2 Å². The topological polar surface area (TPSA) is 24.9 Å². The molecular formula is C13H18Cl2N2. The summed E-state index contributed by atoms with van der Waals surface area (Å²) in [5.74, 6) is 2.24. The summed E-state index contributed by atoms with van der Waals surface area (Å²) < 4.78 is 0. The monoisotopic (exact) mass is 272 g/mol. The van der Waals surface area contributed by atoms with Crippen LogP contribution in [0.25, 0.3) is 0 Å². The first-order valence-corrected chi connectivity index (χ1v) is 6.89. The van der Waals surface area contributed by atoms with Gasteiger partial charge in [-0.1, -0.05) is 37.0 Å². The van der Waals surface area contributed by atoms with Crippen LogP contribution in [0.3, 0.4) is 0 Å². The highest BCUT2D eigenvalue weighted by Gasteiger charge is 2.25. The van der Waals surface area contributed by atoms with Gasteiger partial charge in [0, 0.05) is 12.2 Å². The molecular weight excluding hydrogens is 255 g/mol. The number of halogens is 2. The van der Waals surface area contributed by atoms with Crippen molar-refractivity contribution in [2.75, 3.05) is 5.32 Å². The van der Waals surface area contributed by atoms with Crippen LogP contribution < -0.4 is 5.32 Å². The molecule has 1 aliphatic carbocycles. The van der Waals surface area contributed by atoms with E-state index < -0.39 is 0 Å². The Morgan fingerprint density at radius 2 is 2.06 bits per heavy atom. The van der Waals surface area contributed by atoms with Crippen molar-refractivity contribution in [3.8, 4) is 0 Å². The van der Waals surface area contributed by atoms with E-state index in [1.807, 2.05) is 0 Å². The first-order valence-electron chi connectivity index (χ1n) is 6.14. The van der Waals surface area contributed by atoms with Crippen LogP contribution in [0.2, 0.25) is 10.0 Å². The quantitative estimate of drug-likeness (QED) is 0.850. The SMILES string of the molecule is CC1CCC(Nc2ncc(Cl)cc2Cl)C(C)C1. The summed E-state index contributed by atoms with van der Waals surface area (Å²) >= 11 is 11.9. The molecule has 1 aromatic rings. The molecule has 1 fully saturated rings. The normalized spacial score (nSPS) is 29.1. The Hall–Kier alpha value is -0.470. The number of nitrogens with zero attached hydrogens (tertiary/aromatic N) is 1. The standard InChI is InChI=1S/C13H18Cl2N2/c1-8-3-4-12(9(2)5-8)17-13-11(15)6-10(14)7-16-13/h6-9,12H,3-5H2,1-2H3,(H,16,17). The molecule has 1 N–H and O–H groups in total. The summed E-state index contributed by atoms with van der Waals surface area (Å²) in [5, 5.41) is 4.62. The van der Waals surface area contributed by atoms with Crippen LogP contribution in [-0.4, -0.2) is 11.0 Å². The van der Waals surface area contributed by atoms with Gasteiger partial charge >= 0.3 is 0 Å². The highest BCUT2D eigenvalue weighted by atomic mass is 35.5. The summed E-state index contributed by atoms with van der Waals surface area (Å²) in [4.78, 5) is 4.25. The molecule has 0 amide bonds. The van der Waals surface area contributed by atoms with Gasteiger partial charge in [0.05, 0.1) is 10.0 Å². The molecule has 2 nitrogen and oxygen atoms in total. The van der Waals surface area contributed by atoms with E-state index in [2.05, 4.69) is 24.1 Å². The molecule has 0 aromatic carbocycles. The molecule has 3 atom stereocenters. The Bertz CT molecular complexity index is 395. The summed E-state index contributed by atoms with van der Waals surface area (Å²) in [7, 11) is 0. The van der Waals surface area contributed by atoms with Gasteiger partial charge < -0.3 is 5.32 Å². The number of pyridine rings is 1. The lowest BCUT2D eigenvalue weighted by Gasteiger charge is -2.33. The molecule has 0 bridgehead atoms. The van der Waals surface area contributed by atoms with E-state index in [1.165, 1.54) is 19.3 Å². The van der Waals surface area contributed by atoms with E-state index in [0.29, 0.717) is 22.0 Å². The van der Waals surface area contributed by atoms with Crippen LogP contribution in [0.15, 0.2) is 12.3 Å². The first-order chi connectivity index (χ1) is 8.06. The van der Waals surface area contributed by atoms with Gasteiger partial charge in [0.2, 0.25) is 0 Å². The molecule has 1 aliphatic rings. The molecule has 0 spiro atoms. The third kappa shape index (κ3) is 3.26. The minimum absolute atomic E-state index is 0.470. The van der Waals surface area contributed by atoms with E-state index in [-0.39, 0.29) is 0 Å². The minimum atomic E-state index is 0.470. The fraction of sp³-hybridized carbons (Fsp3) is 0.615. The maximum Gasteiger partial charge on any atom is 0.145 e. The maximum absolute atomic E-state index is 6.12. The van der Waals surface area contributed by atoms with E-state index in [1.54, 1.807) is 12.3 Å². The number of anilines is 1. The van der Waals surface area contributed by atoms with Gasteiger partial charge in [0.1, 0.15) is 5.82 Å². The zero-order valence-electron chi connectivity index (χ0n) is 10.2. The summed E-state index contributed by atoms with van der Waals surface area (Å²) in [6, 6.07) is 2.20. The van der Waals surface area contributed by atoms with Crippen molar-refractivity contribution < 1.29 is 0 Å². The third-order valence-corrected chi connectivity index (χ3v) is 4.06. The summed E-state index contributed by atoms with van der Waals surface area (Å²) in [6.07, 6.45) is 5.35. The van der Waals surface area contributed by atoms with Gasteiger partial charge in [-0.25, -0.2) is 4.98 Å². The van der Waals surface area contributed by atoms with Crippen molar-refractivity contribution in [3.05, 3.63) is 22.3 Å². The molecule has 1 aromatic heterocycles. The van der Waals surface area contributed by atoms with Crippen LogP contribution in [-0.2, 0) is 0 Å². The van der Waals surface area contributed by atoms with Gasteiger partial charge in [-0.3, -0.25) is 0 Å². The predicted octanol–water partition coefficient (Wildman–Crippen LogP) is 4.63. The van der Waals surface area contributed by atoms with E-state index in [9.17, 15) is 0 Å². The number of hydrogen-bond donors (Lipinski definition) is 1. The third-order valence-electron chi connectivity index (χ3n) is 3.56. The largest absolute Gasteiger partial charge is 0.366 e. The Kier molecular flexibility index (Phi) is 4.16. The summed E-state index contributed by atoms with van der Waals surface area (Å²) in [6.45, 7) is 4.61. The maximum atomic E-state index is 6.12. The average molecular weight is 273 g/mol. The first kappa shape index (κ1) is 13.0. The Balaban J connectivity index is 2.05. The van der Waals surface area contributed by atoms with Gasteiger partial charge in [-0.05, 0) is 37.2 Å². The van der Waals surface area contributed by atoms with Gasteiger partial charge in [-0.15, -0.1) is 0 Å². The average Bonchev–Trinajstić information content (AvgIpc) is 2.25. The molecule has 1 heterocycles. The Labute approximate surface area is 113 Å². The van der Waals surface area contributed by atoms with Crippen LogP contribution in [0.5, 0.6) is 0 Å². The van der Waals surface area contributed by atoms with Crippen molar-refractivity contribution in [1.82, 2.24) is 4.98 Å². The fourth-order valence-corrected chi connectivity index (χ4v) is 3.01. The molecule has 2 rings (SSSR count). The van der Waals surface area contributed by atoms with E-state index in [0.717, 1.165) is 11.7 Å². The van der Waals surface area contributed by atoms with Crippen LogP contribution in [0, 0.1) is 11.8 Å². The zero-order chi connectivity index (χ0) is 12.4. The fourth-order valence-electron chi connectivity index (χ4n) is 2.58. The molecule has 94 valence electrons. The van der Waals surface area contributed by atoms with E-state index in [4.69, 9.17) is 23.2 Å². The number of nitrogens with one attached hydrogen (secondary N) is 1. The van der Waals surface area contributed by atoms with Gasteiger partial charge in [0.25, 0.3) is 0 Å². The molecule has 1 saturated carbocycles. The lowest BCUT2D eigenvalue weighted by Crippen LogP contribution is -2.33. The van der Waals surface area contributed by atoms with Gasteiger partial charge in [0.15, 0.2) is 0 Å². The Morgan fingerprint density at radius 1 is 1.29 bits per heavy atom. The summed E-state index contributed by atoms with van der Waals surface area (Å²) in [5.41, 5.74) is 0. The van der Waals surface area contributed by atoms with Crippen LogP contribution in [0.1, 0.15) is 33.1 Å². The highest BCUT2D eigenvalue weighted by molar-refractivity contribution is 6.35. The minimum Gasteiger partial charge on any atom is -0.366 e. The van der Waals surface area contributed by atoms with Crippen molar-refractivity contribution in [3.63, 3.8) is 0 Å². The van der Waals surface area contributed by atoms with Crippen molar-refractivity contribution in [1.29, 1.82) is 0 Å². The second-order valence-corrected chi connectivity index (χ2v) is 5.97. The highest BCUT2D eigenvalue weighted by Crippen LogP contribution is 2.32. The second-order valence-electron chi connectivity index (χ2n) is 5.13. The molecule has 3 unspecified atom stereocenters. The van der Waals surface area contributed by atoms with Crippen LogP contribution in [0.4, 0.5) is 5.82 Å². The molecule has 17 heavy (non-hydrogen) atoms. The second kappa shape index (κ2) is 5.45. The lowest BCUT2D eigenvalue weighted by molar-refractivity contribution is 0.276. The lowest BCUT2D eigenvalue weighted by atomic mass is 9.80. The van der Waals surface area contributed by atoms with Crippen molar-refractivity contribution in [2.24, 2.45) is 11.8 Å². The van der Waals surface area contributed by atoms with E-state index >= 15 is 0 Å². The van der Waals surface area contributed by atoms with Gasteiger partial charge in [-0.2, -0.15) is 0 Å².